The van der Waals surface area contributed by atoms with E-state index in [9.17, 15) is 10.1 Å². The van der Waals surface area contributed by atoms with Crippen molar-refractivity contribution in [3.05, 3.63) is 28.3 Å². The minimum absolute atomic E-state index is 0.0184. The van der Waals surface area contributed by atoms with Crippen LogP contribution in [-0.2, 0) is 0 Å². The van der Waals surface area contributed by atoms with Crippen molar-refractivity contribution in [3.63, 3.8) is 0 Å². The van der Waals surface area contributed by atoms with E-state index in [0.717, 1.165) is 12.3 Å². The molecule has 1 saturated carbocycles. The van der Waals surface area contributed by atoms with Crippen LogP contribution < -0.4 is 11.1 Å². The van der Waals surface area contributed by atoms with Crippen molar-refractivity contribution < 1.29 is 4.92 Å². The molecule has 1 unspecified atom stereocenters. The van der Waals surface area contributed by atoms with Crippen LogP contribution >= 0.6 is 0 Å². The second-order valence-corrected chi connectivity index (χ2v) is 4.72. The Kier molecular flexibility index (Phi) is 3.17. The Morgan fingerprint density at radius 2 is 2.29 bits per heavy atom. The number of hydrogen-bond acceptors (Lipinski definition) is 4. The van der Waals surface area contributed by atoms with Gasteiger partial charge in [-0.25, -0.2) is 0 Å². The van der Waals surface area contributed by atoms with Crippen LogP contribution in [0.4, 0.5) is 17.1 Å². The minimum atomic E-state index is -0.429. The Balaban J connectivity index is 2.13. The fourth-order valence-electron chi connectivity index (χ4n) is 2.06. The van der Waals surface area contributed by atoms with Crippen LogP contribution in [0, 0.1) is 16.0 Å². The second kappa shape index (κ2) is 4.61. The molecular weight excluding hydrogens is 218 g/mol. The van der Waals surface area contributed by atoms with Gasteiger partial charge in [0.25, 0.3) is 0 Å². The molecule has 0 heterocycles. The largest absolute Gasteiger partial charge is 0.393 e. The molecule has 1 aliphatic rings. The van der Waals surface area contributed by atoms with Gasteiger partial charge in [-0.1, -0.05) is 18.9 Å². The number of para-hydroxylation sites is 1. The number of anilines is 2. The molecule has 1 aromatic rings. The summed E-state index contributed by atoms with van der Waals surface area (Å²) in [5.41, 5.74) is 6.34. The maximum absolute atomic E-state index is 10.9. The topological polar surface area (TPSA) is 81.2 Å². The normalized spacial score (nSPS) is 16.5. The molecule has 1 aromatic carbocycles. The third-order valence-electron chi connectivity index (χ3n) is 3.04. The molecule has 1 atom stereocenters. The summed E-state index contributed by atoms with van der Waals surface area (Å²) in [4.78, 5) is 10.5. The predicted octanol–water partition coefficient (Wildman–Crippen LogP) is 2.78. The third kappa shape index (κ3) is 2.87. The van der Waals surface area contributed by atoms with Crippen LogP contribution in [0.5, 0.6) is 0 Å². The second-order valence-electron chi connectivity index (χ2n) is 4.72. The van der Waals surface area contributed by atoms with Crippen LogP contribution in [0.25, 0.3) is 0 Å². The number of rotatable bonds is 5. The summed E-state index contributed by atoms with van der Waals surface area (Å²) in [6, 6.07) is 5.23. The van der Waals surface area contributed by atoms with Crippen molar-refractivity contribution in [2.75, 3.05) is 11.1 Å². The fourth-order valence-corrected chi connectivity index (χ4v) is 2.06. The van der Waals surface area contributed by atoms with Gasteiger partial charge in [0.15, 0.2) is 0 Å². The highest BCUT2D eigenvalue weighted by atomic mass is 16.6. The van der Waals surface area contributed by atoms with E-state index in [1.807, 2.05) is 6.92 Å². The van der Waals surface area contributed by atoms with Crippen molar-refractivity contribution in [1.82, 2.24) is 0 Å². The smallest absolute Gasteiger partial charge is 0.314 e. The van der Waals surface area contributed by atoms with Gasteiger partial charge in [-0.3, -0.25) is 10.1 Å². The minimum Gasteiger partial charge on any atom is -0.393 e. The molecule has 0 radical (unpaired) electrons. The van der Waals surface area contributed by atoms with E-state index in [1.165, 1.54) is 12.8 Å². The SMILES string of the molecule is CC(CC1CC1)Nc1cccc(N)c1[N+](=O)[O-]. The summed E-state index contributed by atoms with van der Waals surface area (Å²) in [7, 11) is 0. The van der Waals surface area contributed by atoms with Gasteiger partial charge < -0.3 is 11.1 Å². The molecule has 0 saturated heterocycles. The van der Waals surface area contributed by atoms with Crippen LogP contribution in [0.1, 0.15) is 26.2 Å². The number of nitrogen functional groups attached to an aromatic ring is 1. The summed E-state index contributed by atoms with van der Waals surface area (Å²) >= 11 is 0. The highest BCUT2D eigenvalue weighted by molar-refractivity contribution is 5.74. The molecule has 5 nitrogen and oxygen atoms in total. The van der Waals surface area contributed by atoms with E-state index in [1.54, 1.807) is 18.2 Å². The molecule has 5 heteroatoms. The highest BCUT2D eigenvalue weighted by Crippen LogP contribution is 2.36. The molecule has 0 amide bonds. The predicted molar refractivity (Wildman–Crippen MR) is 67.9 cm³/mol. The van der Waals surface area contributed by atoms with E-state index in [-0.39, 0.29) is 17.4 Å². The molecule has 0 aliphatic heterocycles. The van der Waals surface area contributed by atoms with Crippen molar-refractivity contribution >= 4 is 17.1 Å². The molecule has 0 bridgehead atoms. The average molecular weight is 235 g/mol. The zero-order chi connectivity index (χ0) is 12.4. The molecular formula is C12H17N3O2. The Bertz CT molecular complexity index is 430. The Morgan fingerprint density at radius 1 is 1.59 bits per heavy atom. The van der Waals surface area contributed by atoms with Gasteiger partial charge in [-0.05, 0) is 31.4 Å². The maximum Gasteiger partial charge on any atom is 0.314 e. The standard InChI is InChI=1S/C12H17N3O2/c1-8(7-9-5-6-9)14-11-4-2-3-10(13)12(11)15(16)17/h2-4,8-9,14H,5-7,13H2,1H3. The van der Waals surface area contributed by atoms with Crippen molar-refractivity contribution in [2.45, 2.75) is 32.2 Å². The lowest BCUT2D eigenvalue weighted by Crippen LogP contribution is -2.17. The Hall–Kier alpha value is -1.78. The van der Waals surface area contributed by atoms with Gasteiger partial charge >= 0.3 is 5.69 Å². The zero-order valence-electron chi connectivity index (χ0n) is 9.85. The number of nitrogens with one attached hydrogen (secondary N) is 1. The Labute approximate surface area is 100 Å². The first-order valence-corrected chi connectivity index (χ1v) is 5.87. The summed E-state index contributed by atoms with van der Waals surface area (Å²) < 4.78 is 0. The summed E-state index contributed by atoms with van der Waals surface area (Å²) in [6.45, 7) is 2.05. The van der Waals surface area contributed by atoms with E-state index in [0.29, 0.717) is 5.69 Å². The zero-order valence-corrected chi connectivity index (χ0v) is 9.85. The lowest BCUT2D eigenvalue weighted by Gasteiger charge is -2.15. The molecule has 1 fully saturated rings. The van der Waals surface area contributed by atoms with Crippen LogP contribution in [0.2, 0.25) is 0 Å². The van der Waals surface area contributed by atoms with Gasteiger partial charge in [0, 0.05) is 6.04 Å². The monoisotopic (exact) mass is 235 g/mol. The first kappa shape index (κ1) is 11.7. The highest BCUT2D eigenvalue weighted by Gasteiger charge is 2.25. The van der Waals surface area contributed by atoms with E-state index in [4.69, 9.17) is 5.73 Å². The van der Waals surface area contributed by atoms with Gasteiger partial charge in [0.2, 0.25) is 0 Å². The number of nitrogens with zero attached hydrogens (tertiary/aromatic N) is 1. The number of hydrogen-bond donors (Lipinski definition) is 2. The van der Waals surface area contributed by atoms with Crippen molar-refractivity contribution in [2.24, 2.45) is 5.92 Å². The number of benzene rings is 1. The van der Waals surface area contributed by atoms with E-state index >= 15 is 0 Å². The fraction of sp³-hybridized carbons (Fsp3) is 0.500. The molecule has 0 aromatic heterocycles. The molecule has 2 rings (SSSR count). The molecule has 17 heavy (non-hydrogen) atoms. The van der Waals surface area contributed by atoms with E-state index in [2.05, 4.69) is 5.32 Å². The van der Waals surface area contributed by atoms with Gasteiger partial charge in [-0.15, -0.1) is 0 Å². The first-order chi connectivity index (χ1) is 8.08. The van der Waals surface area contributed by atoms with Gasteiger partial charge in [0.1, 0.15) is 11.4 Å². The maximum atomic E-state index is 10.9. The molecule has 1 aliphatic carbocycles. The molecule has 92 valence electrons. The third-order valence-corrected chi connectivity index (χ3v) is 3.04. The quantitative estimate of drug-likeness (QED) is 0.467. The Morgan fingerprint density at radius 3 is 2.88 bits per heavy atom. The van der Waals surface area contributed by atoms with Gasteiger partial charge in [0.05, 0.1) is 4.92 Å². The summed E-state index contributed by atoms with van der Waals surface area (Å²) in [5.74, 6) is 0.789. The lowest BCUT2D eigenvalue weighted by atomic mass is 10.1. The van der Waals surface area contributed by atoms with Crippen molar-refractivity contribution in [3.8, 4) is 0 Å². The lowest BCUT2D eigenvalue weighted by molar-refractivity contribution is -0.383. The average Bonchev–Trinajstić information content (AvgIpc) is 3.00. The van der Waals surface area contributed by atoms with Gasteiger partial charge in [-0.2, -0.15) is 0 Å². The molecule has 0 spiro atoms. The number of nitro benzene ring substituents is 1. The number of nitrogens with two attached hydrogens (primary N) is 1. The first-order valence-electron chi connectivity index (χ1n) is 5.87. The molecule has 3 N–H and O–H groups in total. The summed E-state index contributed by atoms with van der Waals surface area (Å²) in [6.07, 6.45) is 3.63. The van der Waals surface area contributed by atoms with Crippen LogP contribution in [-0.4, -0.2) is 11.0 Å². The van der Waals surface area contributed by atoms with Crippen LogP contribution in [0.3, 0.4) is 0 Å². The number of nitro groups is 1. The van der Waals surface area contributed by atoms with E-state index < -0.39 is 4.92 Å². The van der Waals surface area contributed by atoms with Crippen LogP contribution in [0.15, 0.2) is 18.2 Å². The summed E-state index contributed by atoms with van der Waals surface area (Å²) in [5, 5.41) is 14.1. The van der Waals surface area contributed by atoms with Crippen molar-refractivity contribution in [1.29, 1.82) is 0 Å².